The lowest BCUT2D eigenvalue weighted by Crippen LogP contribution is -2.33. The van der Waals surface area contributed by atoms with Gasteiger partial charge in [0.2, 0.25) is 0 Å². The lowest BCUT2D eigenvalue weighted by Gasteiger charge is -2.40. The van der Waals surface area contributed by atoms with Gasteiger partial charge in [-0.05, 0) is 42.9 Å². The molecule has 0 N–H and O–H groups in total. The van der Waals surface area contributed by atoms with Crippen LogP contribution in [0.15, 0.2) is 35.3 Å². The minimum Gasteiger partial charge on any atom is -0.462 e. The van der Waals surface area contributed by atoms with Crippen molar-refractivity contribution < 1.29 is 19.0 Å². The molecule has 1 saturated carbocycles. The third kappa shape index (κ3) is 4.00. The summed E-state index contributed by atoms with van der Waals surface area (Å²) in [6.45, 7) is 7.65. The van der Waals surface area contributed by atoms with Gasteiger partial charge in [-0.15, -0.1) is 0 Å². The Morgan fingerprint density at radius 2 is 2.03 bits per heavy atom. The van der Waals surface area contributed by atoms with E-state index in [1.807, 2.05) is 12.1 Å². The molecule has 7 heteroatoms. The van der Waals surface area contributed by atoms with Gasteiger partial charge < -0.3 is 18.8 Å². The summed E-state index contributed by atoms with van der Waals surface area (Å²) in [6, 6.07) is 7.41. The van der Waals surface area contributed by atoms with Gasteiger partial charge in [0, 0.05) is 55.1 Å². The minimum absolute atomic E-state index is 0.00500. The highest BCUT2D eigenvalue weighted by Crippen LogP contribution is 2.59. The van der Waals surface area contributed by atoms with Crippen LogP contribution in [0.3, 0.4) is 0 Å². The van der Waals surface area contributed by atoms with E-state index in [0.717, 1.165) is 29.7 Å². The average Bonchev–Trinajstić information content (AvgIpc) is 3.01. The molecule has 3 atom stereocenters. The lowest BCUT2D eigenvalue weighted by atomic mass is 9.77. The number of hydrogen-bond acceptors (Lipinski definition) is 5. The van der Waals surface area contributed by atoms with Crippen molar-refractivity contribution in [2.24, 2.45) is 5.41 Å². The normalized spacial score (nSPS) is 22.7. The Balaban J connectivity index is 1.85. The Bertz CT molecular complexity index is 1080. The molecule has 6 nitrogen and oxygen atoms in total. The summed E-state index contributed by atoms with van der Waals surface area (Å²) in [5.74, 6) is -0.519. The smallest absolute Gasteiger partial charge is 0.343 e. The molecule has 1 unspecified atom stereocenters. The van der Waals surface area contributed by atoms with Crippen molar-refractivity contribution in [1.29, 1.82) is 0 Å². The maximum absolute atomic E-state index is 12.8. The summed E-state index contributed by atoms with van der Waals surface area (Å²) in [6.07, 6.45) is 3.36. The van der Waals surface area contributed by atoms with Gasteiger partial charge in [0.1, 0.15) is 5.56 Å². The first-order valence-electron chi connectivity index (χ1n) is 11.1. The van der Waals surface area contributed by atoms with Gasteiger partial charge in [-0.25, -0.2) is 4.79 Å². The lowest BCUT2D eigenvalue weighted by molar-refractivity contribution is 0.0280. The van der Waals surface area contributed by atoms with Crippen molar-refractivity contribution in [3.05, 3.63) is 56.8 Å². The molecule has 1 aromatic carbocycles. The molecule has 172 valence electrons. The summed E-state index contributed by atoms with van der Waals surface area (Å²) in [5.41, 5.74) is 2.40. The van der Waals surface area contributed by atoms with Crippen LogP contribution >= 0.6 is 11.6 Å². The minimum atomic E-state index is -0.593. The number of carbonyl (C=O) groups is 1. The zero-order chi connectivity index (χ0) is 23.0. The van der Waals surface area contributed by atoms with E-state index < -0.39 is 5.97 Å². The summed E-state index contributed by atoms with van der Waals surface area (Å²) in [4.78, 5) is 25.3. The SMILES string of the molecule is CCOC(=O)c1cn2c(cc1=O)-c1cc(Cl)ccc1[C@H]1C(OCCCOC)CC(C)(C)[C@H]12. The molecule has 0 saturated heterocycles. The number of aromatic nitrogens is 1. The van der Waals surface area contributed by atoms with Crippen LogP contribution in [0.1, 0.15) is 61.5 Å². The Labute approximate surface area is 193 Å². The van der Waals surface area contributed by atoms with E-state index in [9.17, 15) is 9.59 Å². The first kappa shape index (κ1) is 23.0. The molecule has 0 bridgehead atoms. The number of esters is 1. The van der Waals surface area contributed by atoms with Gasteiger partial charge in [0.15, 0.2) is 5.43 Å². The number of hydrogen-bond donors (Lipinski definition) is 0. The van der Waals surface area contributed by atoms with Crippen LogP contribution in [0.4, 0.5) is 0 Å². The second kappa shape index (κ2) is 9.00. The van der Waals surface area contributed by atoms with E-state index in [1.54, 1.807) is 26.3 Å². The molecule has 0 spiro atoms. The maximum Gasteiger partial charge on any atom is 0.343 e. The standard InChI is InChI=1S/C25H30ClNO5/c1-5-31-24(29)18-14-27-19(12-20(18)28)17-11-15(26)7-8-16(17)22-21(32-10-6-9-30-4)13-25(2,3)23(22)27/h7-8,11-12,14,21-23H,5-6,9-10,13H2,1-4H3/t21?,22-,23-/m0/s1. The number of methoxy groups -OCH3 is 1. The monoisotopic (exact) mass is 459 g/mol. The highest BCUT2D eigenvalue weighted by molar-refractivity contribution is 6.30. The summed E-state index contributed by atoms with van der Waals surface area (Å²) in [7, 11) is 1.69. The predicted molar refractivity (Wildman–Crippen MR) is 124 cm³/mol. The van der Waals surface area contributed by atoms with Gasteiger partial charge >= 0.3 is 5.97 Å². The molecule has 2 heterocycles. The number of nitrogens with zero attached hydrogens (tertiary/aromatic N) is 1. The Kier molecular flexibility index (Phi) is 6.48. The third-order valence-electron chi connectivity index (χ3n) is 6.62. The van der Waals surface area contributed by atoms with Gasteiger partial charge in [-0.2, -0.15) is 0 Å². The van der Waals surface area contributed by atoms with E-state index in [-0.39, 0.29) is 41.1 Å². The predicted octanol–water partition coefficient (Wildman–Crippen LogP) is 4.84. The molecule has 2 aromatic rings. The molecule has 1 aliphatic heterocycles. The Morgan fingerprint density at radius 1 is 1.25 bits per heavy atom. The first-order chi connectivity index (χ1) is 15.3. The highest BCUT2D eigenvalue weighted by Gasteiger charge is 2.53. The van der Waals surface area contributed by atoms with Crippen LogP contribution < -0.4 is 5.43 Å². The van der Waals surface area contributed by atoms with Crippen LogP contribution in [0.5, 0.6) is 0 Å². The number of pyridine rings is 1. The van der Waals surface area contributed by atoms with Crippen molar-refractivity contribution in [2.45, 2.75) is 51.7 Å². The molecule has 32 heavy (non-hydrogen) atoms. The number of rotatable bonds is 7. The Hall–Kier alpha value is -2.15. The van der Waals surface area contributed by atoms with E-state index in [0.29, 0.717) is 18.2 Å². The quantitative estimate of drug-likeness (QED) is 0.438. The number of halogens is 1. The molecule has 1 aromatic heterocycles. The number of carbonyl (C=O) groups excluding carboxylic acids is 1. The second-order valence-corrected chi connectivity index (χ2v) is 9.65. The number of fused-ring (bicyclic) bond motifs is 6. The maximum atomic E-state index is 12.8. The van der Waals surface area contributed by atoms with Crippen molar-refractivity contribution >= 4 is 17.6 Å². The van der Waals surface area contributed by atoms with Crippen molar-refractivity contribution in [1.82, 2.24) is 4.57 Å². The largest absolute Gasteiger partial charge is 0.462 e. The fourth-order valence-corrected chi connectivity index (χ4v) is 5.55. The summed E-state index contributed by atoms with van der Waals surface area (Å²) >= 11 is 6.35. The van der Waals surface area contributed by atoms with Gasteiger partial charge in [-0.3, -0.25) is 4.79 Å². The Morgan fingerprint density at radius 3 is 2.75 bits per heavy atom. The molecule has 1 fully saturated rings. The van der Waals surface area contributed by atoms with Crippen molar-refractivity contribution in [3.8, 4) is 11.3 Å². The highest BCUT2D eigenvalue weighted by atomic mass is 35.5. The second-order valence-electron chi connectivity index (χ2n) is 9.21. The fraction of sp³-hybridized carbons (Fsp3) is 0.520. The van der Waals surface area contributed by atoms with E-state index in [2.05, 4.69) is 24.5 Å². The van der Waals surface area contributed by atoms with E-state index in [4.69, 9.17) is 25.8 Å². The molecular weight excluding hydrogens is 430 g/mol. The number of benzene rings is 1. The van der Waals surface area contributed by atoms with Crippen LogP contribution in [-0.2, 0) is 14.2 Å². The van der Waals surface area contributed by atoms with E-state index in [1.165, 1.54) is 0 Å². The zero-order valence-corrected chi connectivity index (χ0v) is 19.8. The van der Waals surface area contributed by atoms with Crippen LogP contribution in [0, 0.1) is 5.41 Å². The summed E-state index contributed by atoms with van der Waals surface area (Å²) < 4.78 is 18.8. The molecule has 4 rings (SSSR count). The molecule has 0 amide bonds. The van der Waals surface area contributed by atoms with Crippen LogP contribution in [-0.4, -0.2) is 43.6 Å². The summed E-state index contributed by atoms with van der Waals surface area (Å²) in [5, 5.41) is 0.602. The van der Waals surface area contributed by atoms with Crippen molar-refractivity contribution in [3.63, 3.8) is 0 Å². The topological polar surface area (TPSA) is 66.8 Å². The average molecular weight is 460 g/mol. The van der Waals surface area contributed by atoms with Crippen molar-refractivity contribution in [2.75, 3.05) is 26.9 Å². The fourth-order valence-electron chi connectivity index (χ4n) is 5.37. The molecule has 2 aliphatic rings. The van der Waals surface area contributed by atoms with Crippen LogP contribution in [0.2, 0.25) is 5.02 Å². The van der Waals surface area contributed by atoms with Gasteiger partial charge in [0.05, 0.1) is 18.4 Å². The molecular formula is C25H30ClNO5. The molecule has 1 aliphatic carbocycles. The van der Waals surface area contributed by atoms with Gasteiger partial charge in [-0.1, -0.05) is 31.5 Å². The van der Waals surface area contributed by atoms with Crippen LogP contribution in [0.25, 0.3) is 11.3 Å². The van der Waals surface area contributed by atoms with E-state index >= 15 is 0 Å². The third-order valence-corrected chi connectivity index (χ3v) is 6.85. The molecule has 0 radical (unpaired) electrons. The zero-order valence-electron chi connectivity index (χ0n) is 19.0. The number of ether oxygens (including phenoxy) is 3. The van der Waals surface area contributed by atoms with Gasteiger partial charge in [0.25, 0.3) is 0 Å². The first-order valence-corrected chi connectivity index (χ1v) is 11.5.